The summed E-state index contributed by atoms with van der Waals surface area (Å²) in [4.78, 5) is 12.6. The highest BCUT2D eigenvalue weighted by atomic mass is 32.2. The fraction of sp³-hybridized carbons (Fsp3) is 0.273. The molecule has 0 spiro atoms. The number of hydrazine groups is 1. The van der Waals surface area contributed by atoms with Crippen LogP contribution >= 0.6 is 11.9 Å². The highest BCUT2D eigenvalue weighted by molar-refractivity contribution is 8.02. The number of hydrogen-bond acceptors (Lipinski definition) is 2. The van der Waals surface area contributed by atoms with Gasteiger partial charge in [-0.1, -0.05) is 30.3 Å². The lowest BCUT2D eigenvalue weighted by Crippen LogP contribution is -2.31. The van der Waals surface area contributed by atoms with Gasteiger partial charge in [0.25, 0.3) is 11.9 Å². The van der Waals surface area contributed by atoms with Gasteiger partial charge in [0.2, 0.25) is 4.27 Å². The van der Waals surface area contributed by atoms with Gasteiger partial charge in [-0.3, -0.25) is 0 Å². The molecule has 15 heavy (non-hydrogen) atoms. The van der Waals surface area contributed by atoms with E-state index in [-0.39, 0.29) is 0 Å². The molecule has 0 bridgehead atoms. The monoisotopic (exact) mass is 221 g/mol. The summed E-state index contributed by atoms with van der Waals surface area (Å²) in [6.07, 6.45) is 2.10. The Hall–Kier alpha value is -1.29. The fourth-order valence-electron chi connectivity index (χ4n) is 1.45. The zero-order valence-corrected chi connectivity index (χ0v) is 9.41. The molecule has 1 aliphatic heterocycles. The first-order valence-electron chi connectivity index (χ1n) is 4.97. The molecule has 0 saturated heterocycles. The minimum Gasteiger partial charge on any atom is -0.123 e. The second kappa shape index (κ2) is 4.49. The van der Waals surface area contributed by atoms with Gasteiger partial charge in [0, 0.05) is 0 Å². The molecule has 0 aromatic heterocycles. The third-order valence-corrected chi connectivity index (χ3v) is 3.30. The van der Waals surface area contributed by atoms with E-state index < -0.39 is 0 Å². The van der Waals surface area contributed by atoms with E-state index in [9.17, 15) is 4.91 Å². The Balaban J connectivity index is 2.20. The van der Waals surface area contributed by atoms with Gasteiger partial charge in [-0.15, -0.1) is 5.01 Å². The van der Waals surface area contributed by atoms with Gasteiger partial charge in [0.05, 0.1) is 22.9 Å². The second-order valence-corrected chi connectivity index (χ2v) is 4.20. The molecule has 1 aromatic rings. The van der Waals surface area contributed by atoms with Gasteiger partial charge in [0.15, 0.2) is 0 Å². The molecular weight excluding hydrogens is 208 g/mol. The van der Waals surface area contributed by atoms with Crippen LogP contribution in [0.5, 0.6) is 0 Å². The topological polar surface area (TPSA) is 23.3 Å². The Morgan fingerprint density at radius 3 is 2.73 bits per heavy atom. The molecule has 78 valence electrons. The van der Waals surface area contributed by atoms with Crippen LogP contribution in [0.3, 0.4) is 0 Å². The Labute approximate surface area is 93.5 Å². The Bertz CT molecular complexity index is 389. The smallest absolute Gasteiger partial charge is 0.123 e. The summed E-state index contributed by atoms with van der Waals surface area (Å²) in [6, 6.07) is 9.99. The van der Waals surface area contributed by atoms with E-state index in [0.717, 1.165) is 21.3 Å². The maximum absolute atomic E-state index is 11.6. The molecule has 0 saturated carbocycles. The van der Waals surface area contributed by atoms with Crippen LogP contribution in [-0.2, 0) is 0 Å². The molecule has 0 aliphatic carbocycles. The molecular formula is C11H13N2OS+. The van der Waals surface area contributed by atoms with Crippen molar-refractivity contribution in [3.05, 3.63) is 46.9 Å². The van der Waals surface area contributed by atoms with Gasteiger partial charge >= 0.3 is 0 Å². The normalized spacial score (nSPS) is 16.5. The standard InChI is InChI=1S/C11H13N2OS/c1-2-12-9-8-11(15-13(12)14)10-6-4-3-5-7-10/h3-8H,2,9H2,1H3/q+1. The fourth-order valence-corrected chi connectivity index (χ4v) is 2.31. The largest absolute Gasteiger partial charge is 0.289 e. The van der Waals surface area contributed by atoms with Crippen LogP contribution < -0.4 is 0 Å². The predicted molar refractivity (Wildman–Crippen MR) is 62.9 cm³/mol. The molecule has 1 aliphatic rings. The molecule has 0 N–H and O–H groups in total. The number of nitrogens with zero attached hydrogens (tertiary/aromatic N) is 2. The van der Waals surface area contributed by atoms with Gasteiger partial charge in [-0.05, 0) is 18.6 Å². The Morgan fingerprint density at radius 2 is 2.13 bits per heavy atom. The SMILES string of the molecule is CCN1CC=C(c2ccccc2)S[N+]1=O. The minimum absolute atomic E-state index is 0.692. The summed E-state index contributed by atoms with van der Waals surface area (Å²) in [7, 11) is 0. The van der Waals surface area contributed by atoms with Crippen molar-refractivity contribution >= 4 is 16.9 Å². The molecule has 0 amide bonds. The third kappa shape index (κ3) is 2.21. The Morgan fingerprint density at radius 1 is 1.40 bits per heavy atom. The Kier molecular flexibility index (Phi) is 3.06. The van der Waals surface area contributed by atoms with Crippen LogP contribution in [0.15, 0.2) is 36.4 Å². The molecule has 4 heteroatoms. The molecule has 2 rings (SSSR count). The van der Waals surface area contributed by atoms with Gasteiger partial charge in [0.1, 0.15) is 0 Å². The first kappa shape index (κ1) is 10.2. The van der Waals surface area contributed by atoms with Crippen LogP contribution in [-0.4, -0.2) is 22.4 Å². The first-order chi connectivity index (χ1) is 7.31. The zero-order chi connectivity index (χ0) is 10.7. The van der Waals surface area contributed by atoms with E-state index in [4.69, 9.17) is 0 Å². The van der Waals surface area contributed by atoms with E-state index in [1.165, 1.54) is 11.9 Å². The average molecular weight is 221 g/mol. The molecule has 0 atom stereocenters. The maximum atomic E-state index is 11.6. The van der Waals surface area contributed by atoms with E-state index in [1.54, 1.807) is 5.01 Å². The number of benzene rings is 1. The lowest BCUT2D eigenvalue weighted by molar-refractivity contribution is -0.567. The first-order valence-corrected chi connectivity index (χ1v) is 5.74. The number of hydrogen-bond donors (Lipinski definition) is 0. The van der Waals surface area contributed by atoms with Gasteiger partial charge < -0.3 is 0 Å². The van der Waals surface area contributed by atoms with Crippen molar-refractivity contribution in [1.82, 2.24) is 5.01 Å². The van der Waals surface area contributed by atoms with Crippen LogP contribution in [0.25, 0.3) is 4.91 Å². The second-order valence-electron chi connectivity index (χ2n) is 3.27. The van der Waals surface area contributed by atoms with Crippen molar-refractivity contribution < 1.29 is 4.27 Å². The van der Waals surface area contributed by atoms with Gasteiger partial charge in [-0.2, -0.15) is 0 Å². The summed E-state index contributed by atoms with van der Waals surface area (Å²) in [5.74, 6) is 0. The number of likely N-dealkylation sites (N-methyl/N-ethyl adjacent to an activating group) is 1. The summed E-state index contributed by atoms with van der Waals surface area (Å²) in [5, 5.41) is 1.75. The van der Waals surface area contributed by atoms with E-state index in [1.807, 2.05) is 37.3 Å². The van der Waals surface area contributed by atoms with Crippen molar-refractivity contribution in [2.45, 2.75) is 6.92 Å². The van der Waals surface area contributed by atoms with Crippen molar-refractivity contribution in [1.29, 1.82) is 0 Å². The van der Waals surface area contributed by atoms with Crippen LogP contribution in [0.1, 0.15) is 12.5 Å². The molecule has 3 nitrogen and oxygen atoms in total. The van der Waals surface area contributed by atoms with Gasteiger partial charge in [-0.25, -0.2) is 0 Å². The lowest BCUT2D eigenvalue weighted by atomic mass is 10.2. The summed E-state index contributed by atoms with van der Waals surface area (Å²) < 4.78 is 0.961. The van der Waals surface area contributed by atoms with Crippen molar-refractivity contribution in [2.75, 3.05) is 13.1 Å². The summed E-state index contributed by atoms with van der Waals surface area (Å²) >= 11 is 1.24. The lowest BCUT2D eigenvalue weighted by Gasteiger charge is -2.14. The average Bonchev–Trinajstić information content (AvgIpc) is 2.30. The third-order valence-electron chi connectivity index (χ3n) is 2.32. The van der Waals surface area contributed by atoms with Crippen molar-refractivity contribution in [3.8, 4) is 0 Å². The summed E-state index contributed by atoms with van der Waals surface area (Å²) in [5.41, 5.74) is 1.11. The minimum atomic E-state index is 0.692. The highest BCUT2D eigenvalue weighted by Gasteiger charge is 2.28. The maximum Gasteiger partial charge on any atom is 0.289 e. The number of rotatable bonds is 2. The molecule has 0 radical (unpaired) electrons. The predicted octanol–water partition coefficient (Wildman–Crippen LogP) is 2.71. The highest BCUT2D eigenvalue weighted by Crippen LogP contribution is 2.31. The zero-order valence-electron chi connectivity index (χ0n) is 8.59. The van der Waals surface area contributed by atoms with Crippen LogP contribution in [0, 0.1) is 4.91 Å². The quantitative estimate of drug-likeness (QED) is 0.566. The van der Waals surface area contributed by atoms with Crippen LogP contribution in [0.4, 0.5) is 0 Å². The molecule has 1 heterocycles. The molecule has 0 fully saturated rings. The van der Waals surface area contributed by atoms with E-state index in [2.05, 4.69) is 6.08 Å². The summed E-state index contributed by atoms with van der Waals surface area (Å²) in [6.45, 7) is 3.42. The molecule has 0 unspecified atom stereocenters. The number of nitroso groups, excluding NO2 is 1. The van der Waals surface area contributed by atoms with Crippen LogP contribution in [0.2, 0.25) is 0 Å². The van der Waals surface area contributed by atoms with E-state index >= 15 is 0 Å². The van der Waals surface area contributed by atoms with Crippen molar-refractivity contribution in [3.63, 3.8) is 0 Å². The molecule has 1 aromatic carbocycles. The van der Waals surface area contributed by atoms with E-state index in [0.29, 0.717) is 6.54 Å². The van der Waals surface area contributed by atoms with Crippen molar-refractivity contribution in [2.24, 2.45) is 0 Å².